The SMILES string of the molecule is Cc1cc(COc2ccc(S(N)(=O)=O)cc2Br)n(C)n1. The Bertz CT molecular complexity index is 740. The van der Waals surface area contributed by atoms with Crippen LogP contribution < -0.4 is 9.88 Å². The molecule has 6 nitrogen and oxygen atoms in total. The van der Waals surface area contributed by atoms with Crippen molar-refractivity contribution in [2.45, 2.75) is 18.4 Å². The average Bonchev–Trinajstić information content (AvgIpc) is 2.65. The Morgan fingerprint density at radius 2 is 2.10 bits per heavy atom. The summed E-state index contributed by atoms with van der Waals surface area (Å²) in [6.45, 7) is 2.24. The molecule has 20 heavy (non-hydrogen) atoms. The highest BCUT2D eigenvalue weighted by Gasteiger charge is 2.11. The topological polar surface area (TPSA) is 87.2 Å². The molecule has 8 heteroatoms. The lowest BCUT2D eigenvalue weighted by Gasteiger charge is -2.09. The van der Waals surface area contributed by atoms with E-state index in [2.05, 4.69) is 21.0 Å². The number of hydrogen-bond donors (Lipinski definition) is 1. The number of aromatic nitrogens is 2. The lowest BCUT2D eigenvalue weighted by molar-refractivity contribution is 0.293. The molecule has 0 aliphatic rings. The van der Waals surface area contributed by atoms with Gasteiger partial charge in [0.15, 0.2) is 0 Å². The summed E-state index contributed by atoms with van der Waals surface area (Å²) >= 11 is 3.27. The minimum atomic E-state index is -3.71. The van der Waals surface area contributed by atoms with Crippen molar-refractivity contribution in [1.82, 2.24) is 9.78 Å². The Balaban J connectivity index is 2.17. The number of benzene rings is 1. The number of primary sulfonamides is 1. The van der Waals surface area contributed by atoms with Crippen LogP contribution in [0, 0.1) is 6.92 Å². The maximum Gasteiger partial charge on any atom is 0.238 e. The highest BCUT2D eigenvalue weighted by molar-refractivity contribution is 9.10. The first-order valence-electron chi connectivity index (χ1n) is 5.72. The number of hydrogen-bond acceptors (Lipinski definition) is 4. The molecule has 0 atom stereocenters. The molecule has 0 amide bonds. The van der Waals surface area contributed by atoms with Gasteiger partial charge in [-0.05, 0) is 47.1 Å². The fourth-order valence-electron chi connectivity index (χ4n) is 1.73. The van der Waals surface area contributed by atoms with E-state index in [1.54, 1.807) is 10.7 Å². The van der Waals surface area contributed by atoms with Gasteiger partial charge in [-0.2, -0.15) is 5.10 Å². The molecule has 0 aliphatic carbocycles. The van der Waals surface area contributed by atoms with Gasteiger partial charge in [-0.15, -0.1) is 0 Å². The van der Waals surface area contributed by atoms with E-state index >= 15 is 0 Å². The predicted molar refractivity (Wildman–Crippen MR) is 77.8 cm³/mol. The molecule has 0 unspecified atom stereocenters. The summed E-state index contributed by atoms with van der Waals surface area (Å²) < 4.78 is 30.4. The van der Waals surface area contributed by atoms with E-state index in [0.717, 1.165) is 11.4 Å². The van der Waals surface area contributed by atoms with Crippen LogP contribution in [0.3, 0.4) is 0 Å². The third-order valence-electron chi connectivity index (χ3n) is 2.71. The number of halogens is 1. The van der Waals surface area contributed by atoms with Crippen LogP contribution in [-0.4, -0.2) is 18.2 Å². The van der Waals surface area contributed by atoms with Gasteiger partial charge < -0.3 is 4.74 Å². The highest BCUT2D eigenvalue weighted by atomic mass is 79.9. The van der Waals surface area contributed by atoms with Gasteiger partial charge in [-0.1, -0.05) is 0 Å². The minimum absolute atomic E-state index is 0.0353. The number of ether oxygens (including phenoxy) is 1. The second-order valence-electron chi connectivity index (χ2n) is 4.33. The second kappa shape index (κ2) is 5.55. The van der Waals surface area contributed by atoms with Crippen LogP contribution in [0.1, 0.15) is 11.4 Å². The summed E-state index contributed by atoms with van der Waals surface area (Å²) in [4.78, 5) is 0.0353. The molecule has 0 saturated heterocycles. The molecule has 0 fully saturated rings. The van der Waals surface area contributed by atoms with Crippen molar-refractivity contribution in [3.63, 3.8) is 0 Å². The molecule has 2 N–H and O–H groups in total. The van der Waals surface area contributed by atoms with Crippen molar-refractivity contribution in [3.05, 3.63) is 40.1 Å². The van der Waals surface area contributed by atoms with Crippen molar-refractivity contribution in [1.29, 1.82) is 0 Å². The molecule has 1 aromatic carbocycles. The van der Waals surface area contributed by atoms with Crippen molar-refractivity contribution in [2.75, 3.05) is 0 Å². The van der Waals surface area contributed by atoms with Gasteiger partial charge in [-0.3, -0.25) is 4.68 Å². The lowest BCUT2D eigenvalue weighted by Crippen LogP contribution is -2.12. The van der Waals surface area contributed by atoms with Crippen molar-refractivity contribution in [2.24, 2.45) is 12.2 Å². The quantitative estimate of drug-likeness (QED) is 0.899. The monoisotopic (exact) mass is 359 g/mol. The first-order chi connectivity index (χ1) is 9.27. The van der Waals surface area contributed by atoms with Gasteiger partial charge in [0.25, 0.3) is 0 Å². The second-order valence-corrected chi connectivity index (χ2v) is 6.74. The van der Waals surface area contributed by atoms with Gasteiger partial charge >= 0.3 is 0 Å². The Labute approximate surface area is 125 Å². The molecular weight excluding hydrogens is 346 g/mol. The molecule has 0 aliphatic heterocycles. The molecule has 0 radical (unpaired) electrons. The smallest absolute Gasteiger partial charge is 0.238 e. The number of nitrogens with two attached hydrogens (primary N) is 1. The first kappa shape index (κ1) is 15.0. The normalized spacial score (nSPS) is 11.6. The van der Waals surface area contributed by atoms with Gasteiger partial charge in [0.05, 0.1) is 20.8 Å². The van der Waals surface area contributed by atoms with Crippen LogP contribution in [0.2, 0.25) is 0 Å². The zero-order valence-electron chi connectivity index (χ0n) is 11.0. The average molecular weight is 360 g/mol. The maximum absolute atomic E-state index is 11.2. The van der Waals surface area contributed by atoms with Crippen LogP contribution in [0.4, 0.5) is 0 Å². The largest absolute Gasteiger partial charge is 0.486 e. The minimum Gasteiger partial charge on any atom is -0.486 e. The molecule has 2 rings (SSSR count). The molecule has 1 heterocycles. The summed E-state index contributed by atoms with van der Waals surface area (Å²) in [5.74, 6) is 0.538. The van der Waals surface area contributed by atoms with E-state index in [0.29, 0.717) is 16.8 Å². The molecule has 2 aromatic rings. The van der Waals surface area contributed by atoms with E-state index in [1.807, 2.05) is 20.0 Å². The van der Waals surface area contributed by atoms with Gasteiger partial charge in [-0.25, -0.2) is 13.6 Å². The Kier molecular flexibility index (Phi) is 4.17. The van der Waals surface area contributed by atoms with Crippen molar-refractivity contribution < 1.29 is 13.2 Å². The third kappa shape index (κ3) is 3.38. The summed E-state index contributed by atoms with van der Waals surface area (Å²) in [7, 11) is -1.87. The fraction of sp³-hybridized carbons (Fsp3) is 0.250. The number of sulfonamides is 1. The molecule has 0 spiro atoms. The van der Waals surface area contributed by atoms with Crippen molar-refractivity contribution >= 4 is 26.0 Å². The molecule has 0 saturated carbocycles. The summed E-state index contributed by atoms with van der Waals surface area (Å²) in [6.07, 6.45) is 0. The van der Waals surface area contributed by atoms with Crippen LogP contribution in [-0.2, 0) is 23.7 Å². The van der Waals surface area contributed by atoms with Crippen LogP contribution in [0.15, 0.2) is 33.6 Å². The number of nitrogens with zero attached hydrogens (tertiary/aromatic N) is 2. The Morgan fingerprint density at radius 1 is 1.40 bits per heavy atom. The Hall–Kier alpha value is -1.38. The van der Waals surface area contributed by atoms with Gasteiger partial charge in [0.2, 0.25) is 10.0 Å². The molecule has 108 valence electrons. The first-order valence-corrected chi connectivity index (χ1v) is 8.06. The maximum atomic E-state index is 11.2. The van der Waals surface area contributed by atoms with E-state index < -0.39 is 10.0 Å². The summed E-state index contributed by atoms with van der Waals surface area (Å²) in [5, 5.41) is 9.28. The standard InChI is InChI=1S/C12H14BrN3O3S/c1-8-5-9(16(2)15-8)7-19-12-4-3-10(6-11(12)13)20(14,17)18/h3-6H,7H2,1-2H3,(H2,14,17,18). The zero-order chi connectivity index (χ0) is 14.9. The molecular formula is C12H14BrN3O3S. The fourth-order valence-corrected chi connectivity index (χ4v) is 2.91. The van der Waals surface area contributed by atoms with Crippen LogP contribution in [0.5, 0.6) is 5.75 Å². The number of rotatable bonds is 4. The highest BCUT2D eigenvalue weighted by Crippen LogP contribution is 2.28. The molecule has 0 bridgehead atoms. The molecule has 1 aromatic heterocycles. The summed E-state index contributed by atoms with van der Waals surface area (Å²) in [6, 6.07) is 6.31. The van der Waals surface area contributed by atoms with Crippen LogP contribution >= 0.6 is 15.9 Å². The zero-order valence-corrected chi connectivity index (χ0v) is 13.4. The van der Waals surface area contributed by atoms with Crippen LogP contribution in [0.25, 0.3) is 0 Å². The lowest BCUT2D eigenvalue weighted by atomic mass is 10.3. The van der Waals surface area contributed by atoms with E-state index in [-0.39, 0.29) is 4.90 Å². The van der Waals surface area contributed by atoms with E-state index in [4.69, 9.17) is 9.88 Å². The third-order valence-corrected chi connectivity index (χ3v) is 4.24. The van der Waals surface area contributed by atoms with E-state index in [1.165, 1.54) is 12.1 Å². The number of aryl methyl sites for hydroxylation is 2. The van der Waals surface area contributed by atoms with Gasteiger partial charge in [0, 0.05) is 7.05 Å². The van der Waals surface area contributed by atoms with E-state index in [9.17, 15) is 8.42 Å². The summed E-state index contributed by atoms with van der Waals surface area (Å²) in [5.41, 5.74) is 1.83. The predicted octanol–water partition coefficient (Wildman–Crippen LogP) is 1.72. The van der Waals surface area contributed by atoms with Gasteiger partial charge in [0.1, 0.15) is 12.4 Å². The van der Waals surface area contributed by atoms with Crippen molar-refractivity contribution in [3.8, 4) is 5.75 Å². The Morgan fingerprint density at radius 3 is 2.60 bits per heavy atom.